The van der Waals surface area contributed by atoms with Crippen LogP contribution in [0.4, 0.5) is 5.69 Å². The van der Waals surface area contributed by atoms with Gasteiger partial charge in [-0.3, -0.25) is 4.99 Å². The molecule has 34 heavy (non-hydrogen) atoms. The molecule has 6 nitrogen and oxygen atoms in total. The van der Waals surface area contributed by atoms with Crippen LogP contribution in [0.25, 0.3) is 10.9 Å². The fraction of sp³-hybridized carbons (Fsp3) is 0.423. The Morgan fingerprint density at radius 3 is 2.26 bits per heavy atom. The molecule has 6 rings (SSSR count). The number of ether oxygens (including phenoxy) is 2. The minimum absolute atomic E-state index is 0.455. The molecule has 0 aliphatic carbocycles. The number of anilines is 1. The van der Waals surface area contributed by atoms with Gasteiger partial charge in [-0.1, -0.05) is 31.9 Å². The van der Waals surface area contributed by atoms with Gasteiger partial charge >= 0.3 is 0 Å². The van der Waals surface area contributed by atoms with Crippen LogP contribution in [0.15, 0.2) is 56.5 Å². The molecule has 1 aromatic heterocycles. The molecule has 2 fully saturated rings. The maximum absolute atomic E-state index is 5.39. The van der Waals surface area contributed by atoms with Crippen molar-refractivity contribution in [3.05, 3.63) is 62.9 Å². The molecule has 8 heteroatoms. The first kappa shape index (κ1) is 23.9. The summed E-state index contributed by atoms with van der Waals surface area (Å²) in [5.74, 6) is 3.10. The van der Waals surface area contributed by atoms with Gasteiger partial charge in [0.05, 0.1) is 12.1 Å². The SMILES string of the molecule is Brc1ccc2c(c1)CN=C(C1CCOCC1)N2.Brc1ccc2nc(C3CCOCC3)ncc2c1. The van der Waals surface area contributed by atoms with E-state index >= 15 is 0 Å². The lowest BCUT2D eigenvalue weighted by Crippen LogP contribution is -2.31. The Bertz CT molecular complexity index is 1170. The van der Waals surface area contributed by atoms with Crippen LogP contribution in [0.2, 0.25) is 0 Å². The largest absolute Gasteiger partial charge is 0.381 e. The normalized spacial score (nSPS) is 18.9. The molecule has 0 saturated carbocycles. The lowest BCUT2D eigenvalue weighted by atomic mass is 9.97. The van der Waals surface area contributed by atoms with E-state index in [-0.39, 0.29) is 0 Å². The van der Waals surface area contributed by atoms with Crippen LogP contribution in [0.3, 0.4) is 0 Å². The Kier molecular flexibility index (Phi) is 7.89. The van der Waals surface area contributed by atoms with E-state index in [2.05, 4.69) is 70.3 Å². The highest BCUT2D eigenvalue weighted by molar-refractivity contribution is 9.10. The highest BCUT2D eigenvalue weighted by Gasteiger charge is 2.23. The van der Waals surface area contributed by atoms with E-state index in [1.54, 1.807) is 0 Å². The second-order valence-corrected chi connectivity index (χ2v) is 10.7. The van der Waals surface area contributed by atoms with Crippen molar-refractivity contribution in [3.63, 3.8) is 0 Å². The third kappa shape index (κ3) is 5.85. The number of halogens is 2. The van der Waals surface area contributed by atoms with Crippen molar-refractivity contribution in [1.82, 2.24) is 9.97 Å². The topological polar surface area (TPSA) is 68.6 Å². The van der Waals surface area contributed by atoms with Crippen molar-refractivity contribution in [2.45, 2.75) is 38.1 Å². The fourth-order valence-corrected chi connectivity index (χ4v) is 5.32. The van der Waals surface area contributed by atoms with E-state index in [0.717, 1.165) is 90.2 Å². The zero-order chi connectivity index (χ0) is 23.3. The van der Waals surface area contributed by atoms with E-state index in [4.69, 9.17) is 9.47 Å². The first-order chi connectivity index (χ1) is 16.7. The Labute approximate surface area is 216 Å². The van der Waals surface area contributed by atoms with Gasteiger partial charge in [-0.25, -0.2) is 9.97 Å². The van der Waals surface area contributed by atoms with Gasteiger partial charge in [0.25, 0.3) is 0 Å². The highest BCUT2D eigenvalue weighted by Crippen LogP contribution is 2.28. The van der Waals surface area contributed by atoms with Crippen molar-refractivity contribution < 1.29 is 9.47 Å². The summed E-state index contributed by atoms with van der Waals surface area (Å²) < 4.78 is 12.9. The van der Waals surface area contributed by atoms with Gasteiger partial charge in [-0.2, -0.15) is 0 Å². The van der Waals surface area contributed by atoms with Crippen LogP contribution in [0, 0.1) is 5.92 Å². The zero-order valence-electron chi connectivity index (χ0n) is 19.0. The Balaban J connectivity index is 0.000000142. The minimum atomic E-state index is 0.455. The van der Waals surface area contributed by atoms with Crippen LogP contribution in [0.1, 0.15) is 43.0 Å². The second kappa shape index (κ2) is 11.2. The van der Waals surface area contributed by atoms with Crippen molar-refractivity contribution in [3.8, 4) is 0 Å². The molecule has 1 N–H and O–H groups in total. The van der Waals surface area contributed by atoms with Crippen LogP contribution in [-0.4, -0.2) is 42.2 Å². The highest BCUT2D eigenvalue weighted by atomic mass is 79.9. The predicted molar refractivity (Wildman–Crippen MR) is 142 cm³/mol. The van der Waals surface area contributed by atoms with E-state index in [0.29, 0.717) is 11.8 Å². The molecule has 4 heterocycles. The first-order valence-electron chi connectivity index (χ1n) is 11.8. The van der Waals surface area contributed by atoms with E-state index in [9.17, 15) is 0 Å². The number of hydrogen-bond donors (Lipinski definition) is 1. The monoisotopic (exact) mass is 586 g/mol. The summed E-state index contributed by atoms with van der Waals surface area (Å²) in [6.45, 7) is 4.16. The molecule has 3 aliphatic heterocycles. The molecule has 3 aliphatic rings. The lowest BCUT2D eigenvalue weighted by molar-refractivity contribution is 0.0827. The van der Waals surface area contributed by atoms with Crippen LogP contribution in [-0.2, 0) is 16.0 Å². The molecule has 0 amide bonds. The number of aromatic nitrogens is 2. The lowest BCUT2D eigenvalue weighted by Gasteiger charge is -2.27. The van der Waals surface area contributed by atoms with Crippen LogP contribution >= 0.6 is 31.9 Å². The summed E-state index contributed by atoms with van der Waals surface area (Å²) in [4.78, 5) is 13.8. The summed E-state index contributed by atoms with van der Waals surface area (Å²) >= 11 is 6.94. The van der Waals surface area contributed by atoms with Gasteiger partial charge in [0.2, 0.25) is 0 Å². The Morgan fingerprint density at radius 2 is 1.50 bits per heavy atom. The number of rotatable bonds is 2. The second-order valence-electron chi connectivity index (χ2n) is 8.83. The molecule has 0 spiro atoms. The average Bonchev–Trinajstić information content (AvgIpc) is 2.89. The number of aliphatic imine (C=N–C) groups is 1. The quantitative estimate of drug-likeness (QED) is 0.371. The standard InChI is InChI=1S/C13H15BrN2O.C13H13BrN2O/c2*14-11-1-2-12-10(7-11)8-15-13(16-12)9-3-5-17-6-4-9/h1-2,7,9H,3-6,8H2,(H,15,16);1-2,7-9H,3-6H2. The summed E-state index contributed by atoms with van der Waals surface area (Å²) in [5.41, 5.74) is 3.48. The van der Waals surface area contributed by atoms with E-state index in [1.807, 2.05) is 24.4 Å². The number of hydrogen-bond acceptors (Lipinski definition) is 6. The third-order valence-electron chi connectivity index (χ3n) is 6.50. The number of amidine groups is 1. The van der Waals surface area contributed by atoms with E-state index in [1.165, 1.54) is 11.3 Å². The summed E-state index contributed by atoms with van der Waals surface area (Å²) in [7, 11) is 0. The Hall–Kier alpha value is -1.87. The van der Waals surface area contributed by atoms with Crippen molar-refractivity contribution >= 4 is 54.3 Å². The predicted octanol–water partition coefficient (Wildman–Crippen LogP) is 6.49. The summed E-state index contributed by atoms with van der Waals surface area (Å²) in [5, 5.41) is 4.55. The third-order valence-corrected chi connectivity index (χ3v) is 7.49. The maximum Gasteiger partial charge on any atom is 0.132 e. The Morgan fingerprint density at radius 1 is 0.824 bits per heavy atom. The summed E-state index contributed by atoms with van der Waals surface area (Å²) in [6, 6.07) is 12.4. The molecular weight excluding hydrogens is 560 g/mol. The van der Waals surface area contributed by atoms with Gasteiger partial charge in [0.15, 0.2) is 0 Å². The maximum atomic E-state index is 5.39. The number of nitrogens with one attached hydrogen (secondary N) is 1. The van der Waals surface area contributed by atoms with Crippen LogP contribution in [0.5, 0.6) is 0 Å². The minimum Gasteiger partial charge on any atom is -0.381 e. The molecule has 0 atom stereocenters. The van der Waals surface area contributed by atoms with Crippen molar-refractivity contribution in [1.29, 1.82) is 0 Å². The molecular formula is C26H28Br2N4O2. The molecule has 0 bridgehead atoms. The number of benzene rings is 2. The summed E-state index contributed by atoms with van der Waals surface area (Å²) in [6.07, 6.45) is 6.14. The van der Waals surface area contributed by atoms with Gasteiger partial charge in [0, 0.05) is 64.5 Å². The van der Waals surface area contributed by atoms with Crippen LogP contribution < -0.4 is 5.32 Å². The van der Waals surface area contributed by atoms with Gasteiger partial charge in [-0.05, 0) is 67.6 Å². The van der Waals surface area contributed by atoms with E-state index < -0.39 is 0 Å². The van der Waals surface area contributed by atoms with Crippen molar-refractivity contribution in [2.24, 2.45) is 10.9 Å². The van der Waals surface area contributed by atoms with Crippen molar-refractivity contribution in [2.75, 3.05) is 31.7 Å². The molecule has 2 aromatic carbocycles. The molecule has 0 unspecified atom stereocenters. The molecule has 0 radical (unpaired) electrons. The first-order valence-corrected chi connectivity index (χ1v) is 13.4. The molecule has 2 saturated heterocycles. The number of fused-ring (bicyclic) bond motifs is 2. The average molecular weight is 588 g/mol. The van der Waals surface area contributed by atoms with Gasteiger partial charge in [0.1, 0.15) is 11.7 Å². The van der Waals surface area contributed by atoms with Gasteiger partial charge in [-0.15, -0.1) is 0 Å². The smallest absolute Gasteiger partial charge is 0.132 e. The molecule has 3 aromatic rings. The number of nitrogens with zero attached hydrogens (tertiary/aromatic N) is 3. The van der Waals surface area contributed by atoms with Gasteiger partial charge < -0.3 is 14.8 Å². The molecule has 178 valence electrons. The fourth-order valence-electron chi connectivity index (χ4n) is 4.54. The zero-order valence-corrected chi connectivity index (χ0v) is 22.1.